The molecule has 0 spiro atoms. The van der Waals surface area contributed by atoms with E-state index in [0.29, 0.717) is 0 Å². The fourth-order valence-electron chi connectivity index (χ4n) is 1.65. The number of non-ortho nitro benzene ring substituents is 1. The fraction of sp³-hybridized carbons (Fsp3) is 0. The summed E-state index contributed by atoms with van der Waals surface area (Å²) < 4.78 is 13.6. The molecule has 0 saturated heterocycles. The number of hydrogen-bond donors (Lipinski definition) is 2. The highest BCUT2D eigenvalue weighted by molar-refractivity contribution is 6.36. The maximum atomic E-state index is 13.6. The van der Waals surface area contributed by atoms with Gasteiger partial charge < -0.3 is 10.4 Å². The van der Waals surface area contributed by atoms with Gasteiger partial charge in [-0.2, -0.15) is 0 Å². The molecular weight excluding hydrogens is 338 g/mol. The van der Waals surface area contributed by atoms with E-state index in [1.54, 1.807) is 0 Å². The highest BCUT2D eigenvalue weighted by Gasteiger charge is 2.19. The van der Waals surface area contributed by atoms with Crippen LogP contribution in [0.25, 0.3) is 0 Å². The molecule has 0 fully saturated rings. The van der Waals surface area contributed by atoms with Crippen molar-refractivity contribution in [3.8, 4) is 5.75 Å². The van der Waals surface area contributed by atoms with Crippen molar-refractivity contribution in [2.45, 2.75) is 0 Å². The molecule has 1 amide bonds. The summed E-state index contributed by atoms with van der Waals surface area (Å²) in [7, 11) is 0. The Bertz CT molecular complexity index is 783. The van der Waals surface area contributed by atoms with Crippen molar-refractivity contribution in [3.63, 3.8) is 0 Å². The van der Waals surface area contributed by atoms with E-state index in [9.17, 15) is 24.4 Å². The number of anilines is 1. The Labute approximate surface area is 133 Å². The van der Waals surface area contributed by atoms with E-state index in [1.807, 2.05) is 0 Å². The van der Waals surface area contributed by atoms with Crippen LogP contribution in [-0.4, -0.2) is 15.9 Å². The molecule has 0 saturated carbocycles. The van der Waals surface area contributed by atoms with Gasteiger partial charge in [0.1, 0.15) is 5.82 Å². The number of carbonyl (C=O) groups is 1. The molecule has 6 nitrogen and oxygen atoms in total. The van der Waals surface area contributed by atoms with Crippen molar-refractivity contribution >= 4 is 40.5 Å². The van der Waals surface area contributed by atoms with Gasteiger partial charge in [-0.05, 0) is 18.2 Å². The molecule has 0 aromatic heterocycles. The minimum Gasteiger partial charge on any atom is -0.504 e. The lowest BCUT2D eigenvalue weighted by Gasteiger charge is -2.09. The summed E-state index contributed by atoms with van der Waals surface area (Å²) in [5.74, 6) is -2.39. The number of benzene rings is 2. The van der Waals surface area contributed by atoms with Crippen LogP contribution in [0, 0.1) is 15.9 Å². The highest BCUT2D eigenvalue weighted by atomic mass is 35.5. The van der Waals surface area contributed by atoms with Crippen LogP contribution in [0.2, 0.25) is 10.0 Å². The van der Waals surface area contributed by atoms with Crippen LogP contribution in [0.5, 0.6) is 5.75 Å². The van der Waals surface area contributed by atoms with E-state index in [2.05, 4.69) is 5.32 Å². The van der Waals surface area contributed by atoms with E-state index in [4.69, 9.17) is 23.2 Å². The Morgan fingerprint density at radius 3 is 2.59 bits per heavy atom. The number of hydrogen-bond acceptors (Lipinski definition) is 4. The van der Waals surface area contributed by atoms with Crippen LogP contribution < -0.4 is 5.32 Å². The Hall–Kier alpha value is -2.38. The standard InChI is InChI=1S/C13H7Cl2FN2O4/c14-6-3-9(15)12(19)11(4-6)17-13(20)8-5-7(18(21)22)1-2-10(8)16/h1-5,19H,(H,17,20). The summed E-state index contributed by atoms with van der Waals surface area (Å²) in [5.41, 5.74) is -1.14. The number of carbonyl (C=O) groups excluding carboxylic acids is 1. The zero-order valence-corrected chi connectivity index (χ0v) is 12.2. The first-order chi connectivity index (χ1) is 10.3. The lowest BCUT2D eigenvalue weighted by Crippen LogP contribution is -2.14. The van der Waals surface area contributed by atoms with Crippen LogP contribution in [0.1, 0.15) is 10.4 Å². The molecule has 22 heavy (non-hydrogen) atoms. The van der Waals surface area contributed by atoms with Crippen LogP contribution in [-0.2, 0) is 0 Å². The molecule has 2 aromatic rings. The van der Waals surface area contributed by atoms with Gasteiger partial charge in [0.15, 0.2) is 5.75 Å². The number of nitrogens with one attached hydrogen (secondary N) is 1. The lowest BCUT2D eigenvalue weighted by molar-refractivity contribution is -0.384. The second-order valence-electron chi connectivity index (χ2n) is 4.16. The summed E-state index contributed by atoms with van der Waals surface area (Å²) in [6.07, 6.45) is 0. The second-order valence-corrected chi connectivity index (χ2v) is 5.00. The molecule has 0 heterocycles. The number of nitrogens with zero attached hydrogens (tertiary/aromatic N) is 1. The molecule has 2 aromatic carbocycles. The number of aromatic hydroxyl groups is 1. The van der Waals surface area contributed by atoms with E-state index in [-0.39, 0.29) is 15.7 Å². The summed E-state index contributed by atoms with van der Waals surface area (Å²) in [6.45, 7) is 0. The number of nitro groups is 1. The Kier molecular flexibility index (Phi) is 4.48. The third-order valence-electron chi connectivity index (χ3n) is 2.68. The van der Waals surface area contributed by atoms with Crippen molar-refractivity contribution in [2.24, 2.45) is 0 Å². The third kappa shape index (κ3) is 3.26. The fourth-order valence-corrected chi connectivity index (χ4v) is 2.15. The SMILES string of the molecule is O=C(Nc1cc(Cl)cc(Cl)c1O)c1cc([N+](=O)[O-])ccc1F. The van der Waals surface area contributed by atoms with E-state index in [0.717, 1.165) is 18.2 Å². The molecule has 9 heteroatoms. The van der Waals surface area contributed by atoms with Crippen molar-refractivity contribution in [3.05, 3.63) is 61.9 Å². The lowest BCUT2D eigenvalue weighted by atomic mass is 10.1. The summed E-state index contributed by atoms with van der Waals surface area (Å²) in [5, 5.41) is 22.6. The number of rotatable bonds is 3. The van der Waals surface area contributed by atoms with Gasteiger partial charge in [0.05, 0.1) is 21.2 Å². The van der Waals surface area contributed by atoms with E-state index >= 15 is 0 Å². The molecule has 0 radical (unpaired) electrons. The summed E-state index contributed by atoms with van der Waals surface area (Å²) in [4.78, 5) is 21.9. The topological polar surface area (TPSA) is 92.5 Å². The molecule has 0 aliphatic heterocycles. The first-order valence-electron chi connectivity index (χ1n) is 5.73. The average molecular weight is 345 g/mol. The van der Waals surface area contributed by atoms with E-state index in [1.165, 1.54) is 12.1 Å². The zero-order valence-electron chi connectivity index (χ0n) is 10.6. The Morgan fingerprint density at radius 2 is 1.95 bits per heavy atom. The molecule has 0 bridgehead atoms. The van der Waals surface area contributed by atoms with E-state index < -0.39 is 33.6 Å². The zero-order chi connectivity index (χ0) is 16.4. The van der Waals surface area contributed by atoms with Crippen LogP contribution in [0.15, 0.2) is 30.3 Å². The minimum atomic E-state index is -0.991. The maximum absolute atomic E-state index is 13.6. The predicted molar refractivity (Wildman–Crippen MR) is 79.1 cm³/mol. The first kappa shape index (κ1) is 16.0. The normalized spacial score (nSPS) is 10.3. The van der Waals surface area contributed by atoms with Crippen molar-refractivity contribution in [2.75, 3.05) is 5.32 Å². The van der Waals surface area contributed by atoms with Gasteiger partial charge in [0.25, 0.3) is 11.6 Å². The predicted octanol–water partition coefficient (Wildman–Crippen LogP) is 4.00. The van der Waals surface area contributed by atoms with Crippen LogP contribution in [0.4, 0.5) is 15.8 Å². The molecule has 0 aliphatic carbocycles. The van der Waals surface area contributed by atoms with Gasteiger partial charge in [-0.1, -0.05) is 23.2 Å². The monoisotopic (exact) mass is 344 g/mol. The molecule has 2 N–H and O–H groups in total. The third-order valence-corrected chi connectivity index (χ3v) is 3.19. The quantitative estimate of drug-likeness (QED) is 0.500. The van der Waals surface area contributed by atoms with Crippen molar-refractivity contribution in [1.82, 2.24) is 0 Å². The molecule has 0 aliphatic rings. The maximum Gasteiger partial charge on any atom is 0.270 e. The smallest absolute Gasteiger partial charge is 0.270 e. The number of phenols is 1. The second kappa shape index (κ2) is 6.17. The molecular formula is C13H7Cl2FN2O4. The van der Waals surface area contributed by atoms with Gasteiger partial charge in [-0.15, -0.1) is 0 Å². The van der Waals surface area contributed by atoms with Crippen molar-refractivity contribution in [1.29, 1.82) is 0 Å². The summed E-state index contributed by atoms with van der Waals surface area (Å²) in [6, 6.07) is 4.98. The number of nitro benzene ring substituents is 1. The Morgan fingerprint density at radius 1 is 1.27 bits per heavy atom. The molecule has 114 valence electrons. The molecule has 0 unspecified atom stereocenters. The first-order valence-corrected chi connectivity index (χ1v) is 6.48. The van der Waals surface area contributed by atoms with Crippen molar-refractivity contribution < 1.29 is 19.2 Å². The molecule has 0 atom stereocenters. The largest absolute Gasteiger partial charge is 0.504 e. The summed E-state index contributed by atoms with van der Waals surface area (Å²) >= 11 is 11.4. The molecule has 2 rings (SSSR count). The van der Waals surface area contributed by atoms with Crippen LogP contribution in [0.3, 0.4) is 0 Å². The van der Waals surface area contributed by atoms with Gasteiger partial charge in [0, 0.05) is 17.2 Å². The minimum absolute atomic E-state index is 0.109. The Balaban J connectivity index is 2.38. The number of amides is 1. The highest BCUT2D eigenvalue weighted by Crippen LogP contribution is 2.35. The van der Waals surface area contributed by atoms with Gasteiger partial charge in [0.2, 0.25) is 0 Å². The number of phenolic OH excluding ortho intramolecular Hbond substituents is 1. The van der Waals surface area contributed by atoms with Gasteiger partial charge in [-0.25, -0.2) is 4.39 Å². The average Bonchev–Trinajstić information content (AvgIpc) is 2.44. The van der Waals surface area contributed by atoms with Crippen LogP contribution >= 0.6 is 23.2 Å². The van der Waals surface area contributed by atoms with Gasteiger partial charge >= 0.3 is 0 Å². The van der Waals surface area contributed by atoms with Gasteiger partial charge in [-0.3, -0.25) is 14.9 Å². The number of halogens is 3.